The highest BCUT2D eigenvalue weighted by molar-refractivity contribution is 7.54. The van der Waals surface area contributed by atoms with Gasteiger partial charge in [-0.2, -0.15) is 0 Å². The number of carbonyl (C=O) groups is 1. The third-order valence-electron chi connectivity index (χ3n) is 1.69. The fourth-order valence-electron chi connectivity index (χ4n) is 0.821. The molecule has 0 saturated heterocycles. The van der Waals surface area contributed by atoms with E-state index in [9.17, 15) is 9.36 Å². The fraction of sp³-hybridized carbons (Fsp3) is 0.667. The van der Waals surface area contributed by atoms with E-state index >= 15 is 0 Å². The average molecular weight is 236 g/mol. The van der Waals surface area contributed by atoms with Crippen LogP contribution in [0.4, 0.5) is 0 Å². The number of rotatable bonds is 8. The monoisotopic (exact) mass is 236 g/mol. The molecule has 6 heteroatoms. The molecule has 5 nitrogen and oxygen atoms in total. The van der Waals surface area contributed by atoms with E-state index in [0.29, 0.717) is 6.42 Å². The number of hydrogen-bond acceptors (Lipinski definition) is 5. The van der Waals surface area contributed by atoms with Gasteiger partial charge >= 0.3 is 13.6 Å². The van der Waals surface area contributed by atoms with Crippen LogP contribution < -0.4 is 0 Å². The molecular formula is C9H17O5P. The number of unbranched alkanes of at least 4 members (excludes halogenated alkanes) is 1. The first-order valence-corrected chi connectivity index (χ1v) is 6.28. The Balaban J connectivity index is 3.82. The van der Waals surface area contributed by atoms with E-state index in [-0.39, 0.29) is 12.8 Å². The molecule has 0 aliphatic heterocycles. The molecule has 0 amide bonds. The summed E-state index contributed by atoms with van der Waals surface area (Å²) in [6, 6.07) is 0. The van der Waals surface area contributed by atoms with Crippen molar-refractivity contribution in [3.8, 4) is 0 Å². The summed E-state index contributed by atoms with van der Waals surface area (Å²) >= 11 is 0. The lowest BCUT2D eigenvalue weighted by Gasteiger charge is -2.12. The first-order chi connectivity index (χ1) is 7.08. The maximum atomic E-state index is 11.5. The quantitative estimate of drug-likeness (QED) is 0.279. The summed E-state index contributed by atoms with van der Waals surface area (Å²) in [5, 5.41) is 0. The van der Waals surface area contributed by atoms with Crippen LogP contribution in [0.25, 0.3) is 0 Å². The predicted octanol–water partition coefficient (Wildman–Crippen LogP) is 1.98. The van der Waals surface area contributed by atoms with Gasteiger partial charge in [-0.3, -0.25) is 9.36 Å². The molecule has 0 unspecified atom stereocenters. The molecule has 0 heterocycles. The van der Waals surface area contributed by atoms with Gasteiger partial charge in [0.05, 0.1) is 6.61 Å². The van der Waals surface area contributed by atoms with Gasteiger partial charge < -0.3 is 13.8 Å². The third-order valence-corrected chi connectivity index (χ3v) is 3.45. The van der Waals surface area contributed by atoms with Crippen LogP contribution in [0.2, 0.25) is 0 Å². The minimum Gasteiger partial charge on any atom is -0.465 e. The molecule has 0 rings (SSSR count). The average Bonchev–Trinajstić information content (AvgIpc) is 2.24. The van der Waals surface area contributed by atoms with Crippen LogP contribution in [0, 0.1) is 0 Å². The first-order valence-electron chi connectivity index (χ1n) is 4.55. The van der Waals surface area contributed by atoms with Crippen molar-refractivity contribution in [3.05, 3.63) is 12.7 Å². The molecule has 0 aliphatic rings. The van der Waals surface area contributed by atoms with E-state index in [2.05, 4.69) is 15.6 Å². The lowest BCUT2D eigenvalue weighted by molar-refractivity contribution is -0.140. The highest BCUT2D eigenvalue weighted by atomic mass is 31.2. The first kappa shape index (κ1) is 14.4. The van der Waals surface area contributed by atoms with E-state index in [1.54, 1.807) is 6.08 Å². The van der Waals surface area contributed by atoms with Gasteiger partial charge in [-0.1, -0.05) is 6.08 Å². The van der Waals surface area contributed by atoms with E-state index in [4.69, 9.17) is 4.74 Å². The van der Waals surface area contributed by atoms with Gasteiger partial charge in [0.15, 0.2) is 0 Å². The van der Waals surface area contributed by atoms with Crippen LogP contribution in [0.3, 0.4) is 0 Å². The molecule has 0 saturated carbocycles. The summed E-state index contributed by atoms with van der Waals surface area (Å²) in [7, 11) is -0.825. The molecule has 0 fully saturated rings. The summed E-state index contributed by atoms with van der Waals surface area (Å²) in [5.41, 5.74) is 0. The molecule has 15 heavy (non-hydrogen) atoms. The summed E-state index contributed by atoms with van der Waals surface area (Å²) in [6.45, 7) is 3.83. The maximum Gasteiger partial charge on any atom is 0.341 e. The Hall–Kier alpha value is -0.640. The maximum absolute atomic E-state index is 11.5. The van der Waals surface area contributed by atoms with Crippen molar-refractivity contribution in [2.75, 3.05) is 27.0 Å². The van der Waals surface area contributed by atoms with Crippen molar-refractivity contribution < 1.29 is 23.1 Å². The van der Waals surface area contributed by atoms with Gasteiger partial charge in [0.2, 0.25) is 0 Å². The molecule has 0 aliphatic carbocycles. The Bertz CT molecular complexity index is 243. The van der Waals surface area contributed by atoms with Gasteiger partial charge in [-0.05, 0) is 12.8 Å². The smallest absolute Gasteiger partial charge is 0.341 e. The second kappa shape index (κ2) is 7.63. The summed E-state index contributed by atoms with van der Waals surface area (Å²) < 4.78 is 25.5. The second-order valence-corrected chi connectivity index (χ2v) is 5.05. The van der Waals surface area contributed by atoms with Crippen LogP contribution in [0.15, 0.2) is 12.7 Å². The van der Waals surface area contributed by atoms with Crippen LogP contribution in [-0.2, 0) is 23.1 Å². The largest absolute Gasteiger partial charge is 0.465 e. The van der Waals surface area contributed by atoms with Crippen LogP contribution >= 0.6 is 7.60 Å². The zero-order valence-corrected chi connectivity index (χ0v) is 10.00. The zero-order valence-electron chi connectivity index (χ0n) is 9.10. The van der Waals surface area contributed by atoms with E-state index in [0.717, 1.165) is 6.42 Å². The minimum atomic E-state index is -3.29. The molecule has 0 bridgehead atoms. The minimum absolute atomic E-state index is 0.290. The Morgan fingerprint density at radius 2 is 2.00 bits per heavy atom. The highest BCUT2D eigenvalue weighted by Crippen LogP contribution is 2.45. The Kier molecular flexibility index (Phi) is 7.30. The normalized spacial score (nSPS) is 11.1. The second-order valence-electron chi connectivity index (χ2n) is 2.79. The van der Waals surface area contributed by atoms with Crippen molar-refractivity contribution in [2.45, 2.75) is 12.8 Å². The van der Waals surface area contributed by atoms with Crippen LogP contribution in [-0.4, -0.2) is 33.0 Å². The molecule has 0 atom stereocenters. The molecule has 0 aromatic rings. The number of ether oxygens (including phenoxy) is 1. The molecule has 0 radical (unpaired) electrons. The summed E-state index contributed by atoms with van der Waals surface area (Å²) in [4.78, 5) is 11.2. The standard InChI is InChI=1S/C9H17O5P/c1-4-5-6-7-14-9(10)8-15(11,12-2)13-3/h4H,1,5-8H2,2-3H3. The Morgan fingerprint density at radius 1 is 1.40 bits per heavy atom. The van der Waals surface area contributed by atoms with Crippen molar-refractivity contribution >= 4 is 13.6 Å². The molecule has 88 valence electrons. The topological polar surface area (TPSA) is 61.8 Å². The summed E-state index contributed by atoms with van der Waals surface area (Å²) in [5.74, 6) is -0.578. The lowest BCUT2D eigenvalue weighted by atomic mass is 10.3. The van der Waals surface area contributed by atoms with Crippen molar-refractivity contribution in [2.24, 2.45) is 0 Å². The lowest BCUT2D eigenvalue weighted by Crippen LogP contribution is -2.12. The molecule has 0 aromatic heterocycles. The molecular weight excluding hydrogens is 219 g/mol. The van der Waals surface area contributed by atoms with Crippen molar-refractivity contribution in [1.29, 1.82) is 0 Å². The van der Waals surface area contributed by atoms with E-state index in [1.807, 2.05) is 0 Å². The number of carbonyl (C=O) groups excluding carboxylic acids is 1. The van der Waals surface area contributed by atoms with Crippen LogP contribution in [0.5, 0.6) is 0 Å². The van der Waals surface area contributed by atoms with Gasteiger partial charge in [0, 0.05) is 14.2 Å². The zero-order chi connectivity index (χ0) is 11.7. The number of esters is 1. The Labute approximate surface area is 89.9 Å². The fourth-order valence-corrected chi connectivity index (χ4v) is 1.64. The van der Waals surface area contributed by atoms with Crippen LogP contribution in [0.1, 0.15) is 12.8 Å². The highest BCUT2D eigenvalue weighted by Gasteiger charge is 2.26. The number of hydrogen-bond donors (Lipinski definition) is 0. The molecule has 0 N–H and O–H groups in total. The summed E-state index contributed by atoms with van der Waals surface area (Å²) in [6.07, 6.45) is 2.87. The molecule has 0 aromatic carbocycles. The van der Waals surface area contributed by atoms with Gasteiger partial charge in [-0.15, -0.1) is 6.58 Å². The third kappa shape index (κ3) is 6.44. The van der Waals surface area contributed by atoms with Crippen molar-refractivity contribution in [1.82, 2.24) is 0 Å². The van der Waals surface area contributed by atoms with E-state index < -0.39 is 13.6 Å². The SMILES string of the molecule is C=CCCCOC(=O)CP(=O)(OC)OC. The van der Waals surface area contributed by atoms with Gasteiger partial charge in [0.1, 0.15) is 6.16 Å². The predicted molar refractivity (Wildman–Crippen MR) is 56.9 cm³/mol. The van der Waals surface area contributed by atoms with Gasteiger partial charge in [0.25, 0.3) is 0 Å². The van der Waals surface area contributed by atoms with E-state index in [1.165, 1.54) is 14.2 Å². The van der Waals surface area contributed by atoms with Gasteiger partial charge in [-0.25, -0.2) is 0 Å². The van der Waals surface area contributed by atoms with Crippen molar-refractivity contribution in [3.63, 3.8) is 0 Å². The molecule has 0 spiro atoms. The number of allylic oxidation sites excluding steroid dienone is 1. The Morgan fingerprint density at radius 3 is 2.47 bits per heavy atom.